The number of hydrazine groups is 1. The lowest BCUT2D eigenvalue weighted by Crippen LogP contribution is -2.16. The van der Waals surface area contributed by atoms with E-state index in [2.05, 4.69) is 16.4 Å². The Kier molecular flexibility index (Phi) is 4.74. The second-order valence-corrected chi connectivity index (χ2v) is 2.04. The fourth-order valence-corrected chi connectivity index (χ4v) is 0.648. The van der Waals surface area contributed by atoms with Crippen molar-refractivity contribution in [3.8, 4) is 11.5 Å². The maximum absolute atomic E-state index is 11.6. The molecule has 80 valence electrons. The molecule has 0 saturated carbocycles. The molecule has 0 amide bonds. The van der Waals surface area contributed by atoms with Crippen molar-refractivity contribution in [3.63, 3.8) is 0 Å². The van der Waals surface area contributed by atoms with E-state index in [9.17, 15) is 13.2 Å². The van der Waals surface area contributed by atoms with Gasteiger partial charge in [-0.25, -0.2) is 0 Å². The highest BCUT2D eigenvalue weighted by Gasteiger charge is 2.30. The SMILES string of the molecule is NN.Oc1ccc(OC(F)(F)F)cc1. The van der Waals surface area contributed by atoms with Gasteiger partial charge in [-0.05, 0) is 24.3 Å². The number of rotatable bonds is 1. The molecule has 1 aromatic carbocycles. The molecule has 0 heterocycles. The first kappa shape index (κ1) is 12.5. The zero-order valence-electron chi connectivity index (χ0n) is 6.95. The van der Waals surface area contributed by atoms with Crippen molar-refractivity contribution in [2.75, 3.05) is 0 Å². The summed E-state index contributed by atoms with van der Waals surface area (Å²) in [6.45, 7) is 0. The third-order valence-electron chi connectivity index (χ3n) is 1.07. The van der Waals surface area contributed by atoms with Gasteiger partial charge in [0.1, 0.15) is 11.5 Å². The molecule has 0 unspecified atom stereocenters. The summed E-state index contributed by atoms with van der Waals surface area (Å²) < 4.78 is 38.2. The number of alkyl halides is 3. The molecule has 0 atom stereocenters. The van der Waals surface area contributed by atoms with Gasteiger partial charge < -0.3 is 9.84 Å². The lowest BCUT2D eigenvalue weighted by molar-refractivity contribution is -0.274. The Morgan fingerprint density at radius 1 is 1.07 bits per heavy atom. The fraction of sp³-hybridized carbons (Fsp3) is 0.143. The molecule has 0 aliphatic rings. The second kappa shape index (κ2) is 5.30. The minimum atomic E-state index is -4.68. The van der Waals surface area contributed by atoms with Gasteiger partial charge in [0.2, 0.25) is 0 Å². The Labute approximate surface area is 77.9 Å². The van der Waals surface area contributed by atoms with Gasteiger partial charge in [-0.2, -0.15) is 0 Å². The summed E-state index contributed by atoms with van der Waals surface area (Å²) in [7, 11) is 0. The van der Waals surface area contributed by atoms with Crippen molar-refractivity contribution in [2.45, 2.75) is 6.36 Å². The van der Waals surface area contributed by atoms with Gasteiger partial charge >= 0.3 is 6.36 Å². The molecular formula is C7H9F3N2O2. The number of hydrogen-bond donors (Lipinski definition) is 3. The highest BCUT2D eigenvalue weighted by molar-refractivity contribution is 5.30. The van der Waals surface area contributed by atoms with Crippen LogP contribution >= 0.6 is 0 Å². The van der Waals surface area contributed by atoms with E-state index in [1.54, 1.807) is 0 Å². The summed E-state index contributed by atoms with van der Waals surface area (Å²) >= 11 is 0. The van der Waals surface area contributed by atoms with Crippen LogP contribution in [0.4, 0.5) is 13.2 Å². The van der Waals surface area contributed by atoms with Crippen molar-refractivity contribution in [2.24, 2.45) is 11.7 Å². The van der Waals surface area contributed by atoms with Gasteiger partial charge in [-0.3, -0.25) is 11.7 Å². The van der Waals surface area contributed by atoms with Gasteiger partial charge in [0.15, 0.2) is 0 Å². The minimum Gasteiger partial charge on any atom is -0.508 e. The van der Waals surface area contributed by atoms with Crippen LogP contribution in [-0.4, -0.2) is 11.5 Å². The van der Waals surface area contributed by atoms with E-state index in [4.69, 9.17) is 5.11 Å². The van der Waals surface area contributed by atoms with E-state index >= 15 is 0 Å². The normalized spacial score (nSPS) is 10.1. The first-order valence-electron chi connectivity index (χ1n) is 3.35. The summed E-state index contributed by atoms with van der Waals surface area (Å²) in [4.78, 5) is 0. The zero-order chi connectivity index (χ0) is 11.2. The number of hydrogen-bond acceptors (Lipinski definition) is 4. The van der Waals surface area contributed by atoms with E-state index in [-0.39, 0.29) is 11.5 Å². The maximum Gasteiger partial charge on any atom is 0.573 e. The average Bonchev–Trinajstić information content (AvgIpc) is 2.10. The molecule has 0 aliphatic heterocycles. The summed E-state index contributed by atoms with van der Waals surface area (Å²) in [5.41, 5.74) is 0. The molecule has 0 bridgehead atoms. The van der Waals surface area contributed by atoms with Gasteiger partial charge in [0.25, 0.3) is 0 Å². The Balaban J connectivity index is 0.000000791. The number of halogens is 3. The zero-order valence-corrected chi connectivity index (χ0v) is 6.95. The molecule has 4 nitrogen and oxygen atoms in total. The van der Waals surface area contributed by atoms with E-state index in [1.165, 1.54) is 0 Å². The monoisotopic (exact) mass is 210 g/mol. The first-order chi connectivity index (χ1) is 6.47. The fourth-order valence-electron chi connectivity index (χ4n) is 0.648. The predicted molar refractivity (Wildman–Crippen MR) is 43.2 cm³/mol. The van der Waals surface area contributed by atoms with Gasteiger partial charge in [-0.1, -0.05) is 0 Å². The molecule has 1 rings (SSSR count). The number of nitrogens with two attached hydrogens (primary N) is 2. The molecule has 7 heteroatoms. The van der Waals surface area contributed by atoms with E-state index < -0.39 is 6.36 Å². The Morgan fingerprint density at radius 2 is 1.50 bits per heavy atom. The van der Waals surface area contributed by atoms with E-state index in [0.717, 1.165) is 24.3 Å². The van der Waals surface area contributed by atoms with E-state index in [1.807, 2.05) is 0 Å². The molecule has 0 fully saturated rings. The van der Waals surface area contributed by atoms with Crippen LogP contribution in [0.25, 0.3) is 0 Å². The quantitative estimate of drug-likeness (QED) is 0.479. The highest BCUT2D eigenvalue weighted by atomic mass is 19.4. The molecule has 1 aromatic rings. The molecule has 0 spiro atoms. The van der Waals surface area contributed by atoms with Crippen LogP contribution in [0.2, 0.25) is 0 Å². The number of ether oxygens (including phenoxy) is 1. The molecule has 0 aliphatic carbocycles. The van der Waals surface area contributed by atoms with Crippen LogP contribution in [-0.2, 0) is 0 Å². The second-order valence-electron chi connectivity index (χ2n) is 2.04. The standard InChI is InChI=1S/C7H5F3O2.H4N2/c8-7(9,10)12-6-3-1-5(11)2-4-6;1-2/h1-4,11H;1-2H2. The topological polar surface area (TPSA) is 81.5 Å². The number of aromatic hydroxyl groups is 1. The summed E-state index contributed by atoms with van der Waals surface area (Å²) in [5, 5.41) is 8.72. The van der Waals surface area contributed by atoms with Crippen LogP contribution in [0, 0.1) is 0 Å². The van der Waals surface area contributed by atoms with Crippen LogP contribution < -0.4 is 16.4 Å². The van der Waals surface area contributed by atoms with Crippen LogP contribution in [0.3, 0.4) is 0 Å². The number of phenols is 1. The maximum atomic E-state index is 11.6. The van der Waals surface area contributed by atoms with Crippen molar-refractivity contribution < 1.29 is 23.0 Å². The Hall–Kier alpha value is -1.47. The predicted octanol–water partition coefficient (Wildman–Crippen LogP) is 1.11. The van der Waals surface area contributed by atoms with Crippen LogP contribution in [0.1, 0.15) is 0 Å². The van der Waals surface area contributed by atoms with Crippen LogP contribution in [0.5, 0.6) is 11.5 Å². The Morgan fingerprint density at radius 3 is 1.86 bits per heavy atom. The lowest BCUT2D eigenvalue weighted by atomic mass is 10.3. The molecular weight excluding hydrogens is 201 g/mol. The molecule has 0 saturated heterocycles. The largest absolute Gasteiger partial charge is 0.573 e. The molecule has 0 aromatic heterocycles. The van der Waals surface area contributed by atoms with Gasteiger partial charge in [0, 0.05) is 0 Å². The average molecular weight is 210 g/mol. The number of benzene rings is 1. The van der Waals surface area contributed by atoms with Crippen molar-refractivity contribution >= 4 is 0 Å². The lowest BCUT2D eigenvalue weighted by Gasteiger charge is -2.07. The summed E-state index contributed by atoms with van der Waals surface area (Å²) in [6.07, 6.45) is -4.68. The summed E-state index contributed by atoms with van der Waals surface area (Å²) in [6, 6.07) is 4.29. The molecule has 0 radical (unpaired) electrons. The van der Waals surface area contributed by atoms with E-state index in [0.29, 0.717) is 0 Å². The van der Waals surface area contributed by atoms with Crippen molar-refractivity contribution in [1.82, 2.24) is 0 Å². The molecule has 5 N–H and O–H groups in total. The van der Waals surface area contributed by atoms with Crippen molar-refractivity contribution in [3.05, 3.63) is 24.3 Å². The van der Waals surface area contributed by atoms with Gasteiger partial charge in [0.05, 0.1) is 0 Å². The summed E-state index contributed by atoms with van der Waals surface area (Å²) in [5.74, 6) is 7.55. The molecule has 14 heavy (non-hydrogen) atoms. The number of phenolic OH excluding ortho intramolecular Hbond substituents is 1. The Bertz CT molecular complexity index is 261. The van der Waals surface area contributed by atoms with Crippen molar-refractivity contribution in [1.29, 1.82) is 0 Å². The third kappa shape index (κ3) is 5.22. The smallest absolute Gasteiger partial charge is 0.508 e. The minimum absolute atomic E-state index is 0.107. The van der Waals surface area contributed by atoms with Crippen LogP contribution in [0.15, 0.2) is 24.3 Å². The first-order valence-corrected chi connectivity index (χ1v) is 3.35. The highest BCUT2D eigenvalue weighted by Crippen LogP contribution is 2.23. The third-order valence-corrected chi connectivity index (χ3v) is 1.07. The van der Waals surface area contributed by atoms with Gasteiger partial charge in [-0.15, -0.1) is 13.2 Å².